The van der Waals surface area contributed by atoms with Gasteiger partial charge in [-0.2, -0.15) is 5.10 Å². The van der Waals surface area contributed by atoms with E-state index in [2.05, 4.69) is 26.5 Å². The van der Waals surface area contributed by atoms with E-state index in [1.807, 2.05) is 30.3 Å². The lowest BCUT2D eigenvalue weighted by Gasteiger charge is -2.08. The molecule has 2 aromatic carbocycles. The van der Waals surface area contributed by atoms with Gasteiger partial charge in [0.2, 0.25) is 0 Å². The monoisotopic (exact) mass is 332 g/mol. The molecule has 5 heteroatoms. The molecule has 0 saturated carbocycles. The summed E-state index contributed by atoms with van der Waals surface area (Å²) >= 11 is 3.33. The number of nitrogens with zero attached hydrogens (tertiary/aromatic N) is 1. The molecule has 0 heterocycles. The van der Waals surface area contributed by atoms with Crippen molar-refractivity contribution in [3.63, 3.8) is 0 Å². The summed E-state index contributed by atoms with van der Waals surface area (Å²) < 4.78 is 0.971. The molecule has 102 valence electrons. The van der Waals surface area contributed by atoms with Gasteiger partial charge in [0.1, 0.15) is 0 Å². The number of hydrogen-bond acceptors (Lipinski definition) is 3. The number of aliphatic hydroxyl groups is 1. The summed E-state index contributed by atoms with van der Waals surface area (Å²) in [5, 5.41) is 13.6. The standard InChI is InChI=1S/C15H13BrN2O2/c16-13-8-6-11(7-9-13)10-17-18-15(20)14(19)12-4-2-1-3-5-12/h1-10,14,19H,(H,18,20)/b17-10-/t14-/m1/s1. The summed E-state index contributed by atoms with van der Waals surface area (Å²) in [6.45, 7) is 0. The third-order valence-electron chi connectivity index (χ3n) is 2.62. The van der Waals surface area contributed by atoms with Gasteiger partial charge in [0, 0.05) is 4.47 Å². The van der Waals surface area contributed by atoms with Gasteiger partial charge in [-0.15, -0.1) is 0 Å². The van der Waals surface area contributed by atoms with Crippen LogP contribution in [0.3, 0.4) is 0 Å². The Morgan fingerprint density at radius 1 is 1.15 bits per heavy atom. The maximum absolute atomic E-state index is 11.7. The summed E-state index contributed by atoms with van der Waals surface area (Å²) in [7, 11) is 0. The Balaban J connectivity index is 1.93. The number of nitrogens with one attached hydrogen (secondary N) is 1. The first-order valence-corrected chi connectivity index (χ1v) is 6.77. The van der Waals surface area contributed by atoms with Crippen molar-refractivity contribution in [2.24, 2.45) is 5.10 Å². The number of hydrogen-bond donors (Lipinski definition) is 2. The molecule has 2 rings (SSSR count). The number of amides is 1. The van der Waals surface area contributed by atoms with E-state index in [0.717, 1.165) is 10.0 Å². The van der Waals surface area contributed by atoms with Gasteiger partial charge in [0.05, 0.1) is 6.21 Å². The highest BCUT2D eigenvalue weighted by Gasteiger charge is 2.15. The molecule has 0 fully saturated rings. The minimum Gasteiger partial charge on any atom is -0.378 e. The smallest absolute Gasteiger partial charge is 0.273 e. The summed E-state index contributed by atoms with van der Waals surface area (Å²) in [5.74, 6) is -0.565. The van der Waals surface area contributed by atoms with Crippen molar-refractivity contribution in [1.82, 2.24) is 5.43 Å². The summed E-state index contributed by atoms with van der Waals surface area (Å²) in [6.07, 6.45) is 0.292. The van der Waals surface area contributed by atoms with Crippen LogP contribution in [-0.4, -0.2) is 17.2 Å². The number of carbonyl (C=O) groups is 1. The topological polar surface area (TPSA) is 61.7 Å². The van der Waals surface area contributed by atoms with Crippen LogP contribution in [0.4, 0.5) is 0 Å². The molecule has 0 aliphatic rings. The van der Waals surface area contributed by atoms with Crippen LogP contribution in [-0.2, 0) is 4.79 Å². The van der Waals surface area contributed by atoms with Crippen LogP contribution in [0.5, 0.6) is 0 Å². The zero-order chi connectivity index (χ0) is 14.4. The van der Waals surface area contributed by atoms with Gasteiger partial charge in [-0.3, -0.25) is 4.79 Å². The van der Waals surface area contributed by atoms with Gasteiger partial charge in [-0.25, -0.2) is 5.43 Å². The number of benzene rings is 2. The molecular weight excluding hydrogens is 320 g/mol. The van der Waals surface area contributed by atoms with Gasteiger partial charge in [0.25, 0.3) is 5.91 Å². The van der Waals surface area contributed by atoms with Gasteiger partial charge in [-0.1, -0.05) is 58.4 Å². The number of carbonyl (C=O) groups excluding carboxylic acids is 1. The Morgan fingerprint density at radius 2 is 1.80 bits per heavy atom. The normalized spacial score (nSPS) is 12.3. The zero-order valence-corrected chi connectivity index (χ0v) is 12.1. The molecule has 0 aliphatic carbocycles. The van der Waals surface area contributed by atoms with E-state index in [-0.39, 0.29) is 0 Å². The Labute approximate surface area is 125 Å². The van der Waals surface area contributed by atoms with Crippen molar-refractivity contribution < 1.29 is 9.90 Å². The molecule has 0 unspecified atom stereocenters. The van der Waals surface area contributed by atoms with Gasteiger partial charge < -0.3 is 5.11 Å². The molecule has 0 bridgehead atoms. The van der Waals surface area contributed by atoms with Crippen LogP contribution < -0.4 is 5.43 Å². The molecule has 0 aromatic heterocycles. The van der Waals surface area contributed by atoms with Gasteiger partial charge in [-0.05, 0) is 23.3 Å². The van der Waals surface area contributed by atoms with Crippen LogP contribution in [0, 0.1) is 0 Å². The first-order valence-electron chi connectivity index (χ1n) is 5.98. The molecule has 0 radical (unpaired) electrons. The Morgan fingerprint density at radius 3 is 2.45 bits per heavy atom. The first-order chi connectivity index (χ1) is 9.66. The molecule has 0 spiro atoms. The quantitative estimate of drug-likeness (QED) is 0.667. The molecule has 2 aromatic rings. The van der Waals surface area contributed by atoms with E-state index in [0.29, 0.717) is 5.56 Å². The Hall–Kier alpha value is -1.98. The Bertz CT molecular complexity index is 597. The van der Waals surface area contributed by atoms with E-state index in [4.69, 9.17) is 0 Å². The number of halogens is 1. The third kappa shape index (κ3) is 4.01. The second-order valence-electron chi connectivity index (χ2n) is 4.10. The predicted octanol–water partition coefficient (Wildman–Crippen LogP) is 2.63. The van der Waals surface area contributed by atoms with Crippen molar-refractivity contribution in [1.29, 1.82) is 0 Å². The highest BCUT2D eigenvalue weighted by molar-refractivity contribution is 9.10. The van der Waals surface area contributed by atoms with Gasteiger partial charge >= 0.3 is 0 Å². The molecule has 2 N–H and O–H groups in total. The third-order valence-corrected chi connectivity index (χ3v) is 3.15. The average molecular weight is 333 g/mol. The Kier molecular flexibility index (Phi) is 5.03. The lowest BCUT2D eigenvalue weighted by atomic mass is 10.1. The van der Waals surface area contributed by atoms with Crippen molar-refractivity contribution in [3.05, 3.63) is 70.2 Å². The highest BCUT2D eigenvalue weighted by Crippen LogP contribution is 2.12. The highest BCUT2D eigenvalue weighted by atomic mass is 79.9. The number of rotatable bonds is 4. The zero-order valence-electron chi connectivity index (χ0n) is 10.5. The molecule has 0 aliphatic heterocycles. The van der Waals surface area contributed by atoms with E-state index in [1.165, 1.54) is 6.21 Å². The minimum atomic E-state index is -1.22. The van der Waals surface area contributed by atoms with Crippen LogP contribution >= 0.6 is 15.9 Å². The molecule has 4 nitrogen and oxygen atoms in total. The molecule has 1 atom stereocenters. The van der Waals surface area contributed by atoms with Crippen LogP contribution in [0.1, 0.15) is 17.2 Å². The van der Waals surface area contributed by atoms with Crippen LogP contribution in [0.2, 0.25) is 0 Å². The van der Waals surface area contributed by atoms with Crippen molar-refractivity contribution in [2.45, 2.75) is 6.10 Å². The lowest BCUT2D eigenvalue weighted by Crippen LogP contribution is -2.25. The second kappa shape index (κ2) is 6.98. The van der Waals surface area contributed by atoms with E-state index in [1.54, 1.807) is 24.3 Å². The second-order valence-corrected chi connectivity index (χ2v) is 5.01. The largest absolute Gasteiger partial charge is 0.378 e. The average Bonchev–Trinajstić information content (AvgIpc) is 2.49. The SMILES string of the molecule is O=C(N/N=C\c1ccc(Br)cc1)[C@H](O)c1ccccc1. The summed E-state index contributed by atoms with van der Waals surface area (Å²) in [5.41, 5.74) is 3.69. The van der Waals surface area contributed by atoms with E-state index >= 15 is 0 Å². The summed E-state index contributed by atoms with van der Waals surface area (Å²) in [6, 6.07) is 16.2. The van der Waals surface area contributed by atoms with E-state index in [9.17, 15) is 9.90 Å². The van der Waals surface area contributed by atoms with E-state index < -0.39 is 12.0 Å². The maximum Gasteiger partial charge on any atom is 0.273 e. The fourth-order valence-corrected chi connectivity index (χ4v) is 1.83. The number of aliphatic hydroxyl groups excluding tert-OH is 1. The maximum atomic E-state index is 11.7. The minimum absolute atomic E-state index is 0.531. The predicted molar refractivity (Wildman–Crippen MR) is 81.3 cm³/mol. The van der Waals surface area contributed by atoms with Crippen LogP contribution in [0.15, 0.2) is 64.2 Å². The van der Waals surface area contributed by atoms with Crippen molar-refractivity contribution in [2.75, 3.05) is 0 Å². The lowest BCUT2D eigenvalue weighted by molar-refractivity contribution is -0.129. The fourth-order valence-electron chi connectivity index (χ4n) is 1.57. The first kappa shape index (κ1) is 14.4. The summed E-state index contributed by atoms with van der Waals surface area (Å²) in [4.78, 5) is 11.7. The van der Waals surface area contributed by atoms with Crippen LogP contribution in [0.25, 0.3) is 0 Å². The molecule has 1 amide bonds. The molecule has 20 heavy (non-hydrogen) atoms. The van der Waals surface area contributed by atoms with Crippen molar-refractivity contribution >= 4 is 28.1 Å². The van der Waals surface area contributed by atoms with Gasteiger partial charge in [0.15, 0.2) is 6.10 Å². The fraction of sp³-hybridized carbons (Fsp3) is 0.0667. The molecular formula is C15H13BrN2O2. The van der Waals surface area contributed by atoms with Crippen molar-refractivity contribution in [3.8, 4) is 0 Å². The molecule has 0 saturated heterocycles. The number of hydrazone groups is 1.